The van der Waals surface area contributed by atoms with Crippen molar-refractivity contribution in [3.8, 4) is 0 Å². The molecule has 13 heavy (non-hydrogen) atoms. The average molecular weight is 190 g/mol. The minimum absolute atomic E-state index is 0.380. The first-order chi connectivity index (χ1) is 6.15. The first-order valence-electron chi connectivity index (χ1n) is 4.58. The third-order valence-corrected chi connectivity index (χ3v) is 2.15. The van der Waals surface area contributed by atoms with Gasteiger partial charge in [0.25, 0.3) is 0 Å². The first kappa shape index (κ1) is 10.4. The molecule has 3 atom stereocenters. The maximum absolute atomic E-state index is 13.2. The van der Waals surface area contributed by atoms with Crippen LogP contribution in [0.2, 0.25) is 0 Å². The molecular weight excluding hydrogens is 175 g/mol. The number of alkyl halides is 1. The van der Waals surface area contributed by atoms with Gasteiger partial charge in [0.2, 0.25) is 0 Å². The van der Waals surface area contributed by atoms with Crippen LogP contribution in [-0.2, 0) is 14.3 Å². The Kier molecular flexibility index (Phi) is 3.66. The molecule has 76 valence electrons. The van der Waals surface area contributed by atoms with Gasteiger partial charge in [-0.25, -0.2) is 4.39 Å². The second-order valence-corrected chi connectivity index (χ2v) is 3.20. The van der Waals surface area contributed by atoms with Gasteiger partial charge in [0.05, 0.1) is 6.61 Å². The fraction of sp³-hybridized carbons (Fsp3) is 0.889. The summed E-state index contributed by atoms with van der Waals surface area (Å²) in [5.41, 5.74) is 0. The summed E-state index contributed by atoms with van der Waals surface area (Å²) >= 11 is 0. The third kappa shape index (κ3) is 2.66. The Hall–Kier alpha value is -0.640. The fourth-order valence-corrected chi connectivity index (χ4v) is 1.52. The van der Waals surface area contributed by atoms with Gasteiger partial charge >= 0.3 is 5.97 Å². The molecule has 1 aliphatic rings. The average Bonchev–Trinajstić information content (AvgIpc) is 2.47. The van der Waals surface area contributed by atoms with Crippen molar-refractivity contribution in [2.75, 3.05) is 6.61 Å². The molecule has 0 saturated carbocycles. The second kappa shape index (κ2) is 4.56. The Morgan fingerprint density at radius 1 is 1.77 bits per heavy atom. The van der Waals surface area contributed by atoms with E-state index in [9.17, 15) is 9.18 Å². The summed E-state index contributed by atoms with van der Waals surface area (Å²) < 4.78 is 23.3. The molecular formula is C9H15FO3. The number of hydrogen-bond acceptors (Lipinski definition) is 3. The maximum Gasteiger partial charge on any atom is 0.302 e. The van der Waals surface area contributed by atoms with Crippen LogP contribution >= 0.6 is 0 Å². The summed E-state index contributed by atoms with van der Waals surface area (Å²) in [6.45, 7) is 3.59. The molecule has 4 heteroatoms. The molecule has 0 aliphatic carbocycles. The first-order valence-corrected chi connectivity index (χ1v) is 4.58. The minimum Gasteiger partial charge on any atom is -0.460 e. The zero-order valence-electron chi connectivity index (χ0n) is 7.96. The van der Waals surface area contributed by atoms with Gasteiger partial charge in [-0.05, 0) is 6.42 Å². The van der Waals surface area contributed by atoms with Crippen molar-refractivity contribution in [2.24, 2.45) is 0 Å². The smallest absolute Gasteiger partial charge is 0.302 e. The van der Waals surface area contributed by atoms with Crippen molar-refractivity contribution in [1.82, 2.24) is 0 Å². The van der Waals surface area contributed by atoms with Crippen molar-refractivity contribution in [3.63, 3.8) is 0 Å². The quantitative estimate of drug-likeness (QED) is 0.632. The van der Waals surface area contributed by atoms with Crippen LogP contribution in [0.5, 0.6) is 0 Å². The normalized spacial score (nSPS) is 30.1. The zero-order valence-corrected chi connectivity index (χ0v) is 7.96. The highest BCUT2D eigenvalue weighted by Gasteiger charge is 2.35. The lowest BCUT2D eigenvalue weighted by Crippen LogP contribution is -2.35. The van der Waals surface area contributed by atoms with E-state index < -0.39 is 18.4 Å². The zero-order chi connectivity index (χ0) is 9.84. The largest absolute Gasteiger partial charge is 0.460 e. The standard InChI is InChI=1S/C9H15FO3/c1-3-8(13-6(2)11)9-7(10)4-5-12-9/h7-9H,3-5H2,1-2H3. The molecule has 1 saturated heterocycles. The van der Waals surface area contributed by atoms with E-state index in [4.69, 9.17) is 9.47 Å². The number of carbonyl (C=O) groups excluding carboxylic acids is 1. The van der Waals surface area contributed by atoms with Gasteiger partial charge in [-0.1, -0.05) is 6.92 Å². The monoisotopic (exact) mass is 190 g/mol. The molecule has 0 amide bonds. The highest BCUT2D eigenvalue weighted by molar-refractivity contribution is 5.66. The van der Waals surface area contributed by atoms with Gasteiger partial charge in [0.1, 0.15) is 18.4 Å². The van der Waals surface area contributed by atoms with Crippen LogP contribution in [0.15, 0.2) is 0 Å². The summed E-state index contributed by atoms with van der Waals surface area (Å²) in [6.07, 6.45) is -0.999. The molecule has 0 aromatic heterocycles. The van der Waals surface area contributed by atoms with Crippen molar-refractivity contribution in [3.05, 3.63) is 0 Å². The molecule has 0 radical (unpaired) electrons. The molecule has 3 unspecified atom stereocenters. The topological polar surface area (TPSA) is 35.5 Å². The predicted molar refractivity (Wildman–Crippen MR) is 45.1 cm³/mol. The second-order valence-electron chi connectivity index (χ2n) is 3.20. The Bertz CT molecular complexity index is 184. The van der Waals surface area contributed by atoms with Crippen LogP contribution in [0.25, 0.3) is 0 Å². The highest BCUT2D eigenvalue weighted by Crippen LogP contribution is 2.23. The summed E-state index contributed by atoms with van der Waals surface area (Å²) in [4.78, 5) is 10.7. The number of hydrogen-bond donors (Lipinski definition) is 0. The van der Waals surface area contributed by atoms with Crippen LogP contribution < -0.4 is 0 Å². The van der Waals surface area contributed by atoms with Gasteiger partial charge < -0.3 is 9.47 Å². The van der Waals surface area contributed by atoms with E-state index in [1.807, 2.05) is 6.92 Å². The number of carbonyl (C=O) groups is 1. The van der Waals surface area contributed by atoms with E-state index in [1.165, 1.54) is 6.92 Å². The lowest BCUT2D eigenvalue weighted by Gasteiger charge is -2.22. The van der Waals surface area contributed by atoms with E-state index in [0.29, 0.717) is 19.4 Å². The lowest BCUT2D eigenvalue weighted by atomic mass is 10.1. The molecule has 3 nitrogen and oxygen atoms in total. The van der Waals surface area contributed by atoms with Crippen LogP contribution in [0.4, 0.5) is 4.39 Å². The van der Waals surface area contributed by atoms with Crippen LogP contribution in [-0.4, -0.2) is 31.0 Å². The SMILES string of the molecule is CCC(OC(C)=O)C1OCCC1F. The van der Waals surface area contributed by atoms with Gasteiger partial charge in [-0.2, -0.15) is 0 Å². The van der Waals surface area contributed by atoms with E-state index in [0.717, 1.165) is 0 Å². The molecule has 0 bridgehead atoms. The van der Waals surface area contributed by atoms with Crippen molar-refractivity contribution in [1.29, 1.82) is 0 Å². The summed E-state index contributed by atoms with van der Waals surface area (Å²) in [5, 5.41) is 0. The molecule has 0 N–H and O–H groups in total. The maximum atomic E-state index is 13.2. The molecule has 1 rings (SSSR count). The van der Waals surface area contributed by atoms with Gasteiger partial charge in [0, 0.05) is 13.3 Å². The Morgan fingerprint density at radius 2 is 2.46 bits per heavy atom. The van der Waals surface area contributed by atoms with Crippen molar-refractivity contribution in [2.45, 2.75) is 45.1 Å². The van der Waals surface area contributed by atoms with Gasteiger partial charge in [-0.3, -0.25) is 4.79 Å². The Balaban J connectivity index is 2.49. The van der Waals surface area contributed by atoms with Crippen LogP contribution in [0, 0.1) is 0 Å². The summed E-state index contributed by atoms with van der Waals surface area (Å²) in [7, 11) is 0. The van der Waals surface area contributed by atoms with Crippen LogP contribution in [0.1, 0.15) is 26.7 Å². The number of esters is 1. The molecule has 0 aromatic carbocycles. The van der Waals surface area contributed by atoms with Gasteiger partial charge in [-0.15, -0.1) is 0 Å². The minimum atomic E-state index is -0.996. The van der Waals surface area contributed by atoms with Gasteiger partial charge in [0.15, 0.2) is 0 Å². The number of halogens is 1. The molecule has 0 spiro atoms. The van der Waals surface area contributed by atoms with E-state index in [-0.39, 0.29) is 5.97 Å². The van der Waals surface area contributed by atoms with Crippen molar-refractivity contribution < 1.29 is 18.7 Å². The fourth-order valence-electron chi connectivity index (χ4n) is 1.52. The Morgan fingerprint density at radius 3 is 2.85 bits per heavy atom. The number of ether oxygens (including phenoxy) is 2. The highest BCUT2D eigenvalue weighted by atomic mass is 19.1. The molecule has 1 fully saturated rings. The molecule has 0 aromatic rings. The third-order valence-electron chi connectivity index (χ3n) is 2.15. The molecule has 1 heterocycles. The van der Waals surface area contributed by atoms with E-state index >= 15 is 0 Å². The summed E-state index contributed by atoms with van der Waals surface area (Å²) in [6, 6.07) is 0. The van der Waals surface area contributed by atoms with E-state index in [2.05, 4.69) is 0 Å². The Labute approximate surface area is 77.2 Å². The predicted octanol–water partition coefficient (Wildman–Crippen LogP) is 1.46. The lowest BCUT2D eigenvalue weighted by molar-refractivity contribution is -0.154. The number of rotatable bonds is 3. The van der Waals surface area contributed by atoms with E-state index in [1.54, 1.807) is 0 Å². The molecule has 1 aliphatic heterocycles. The van der Waals surface area contributed by atoms with Crippen LogP contribution in [0.3, 0.4) is 0 Å². The summed E-state index contributed by atoms with van der Waals surface area (Å²) in [5.74, 6) is -0.380. The van der Waals surface area contributed by atoms with Crippen molar-refractivity contribution >= 4 is 5.97 Å².